The van der Waals surface area contributed by atoms with E-state index in [2.05, 4.69) is 10.4 Å². The highest BCUT2D eigenvalue weighted by atomic mass is 16.5. The van der Waals surface area contributed by atoms with E-state index in [9.17, 15) is 4.79 Å². The number of ether oxygens (including phenoxy) is 2. The Labute approximate surface area is 152 Å². The fraction of sp³-hybridized carbons (Fsp3) is 0.200. The van der Waals surface area contributed by atoms with Crippen molar-refractivity contribution in [3.05, 3.63) is 66.0 Å². The summed E-state index contributed by atoms with van der Waals surface area (Å²) in [5.41, 5.74) is 3.61. The summed E-state index contributed by atoms with van der Waals surface area (Å²) in [6.07, 6.45) is 3.65. The van der Waals surface area contributed by atoms with E-state index >= 15 is 0 Å². The Morgan fingerprint density at radius 2 is 1.81 bits per heavy atom. The smallest absolute Gasteiger partial charge is 0.228 e. The summed E-state index contributed by atoms with van der Waals surface area (Å²) in [6.45, 7) is 2.03. The quantitative estimate of drug-likeness (QED) is 0.739. The van der Waals surface area contributed by atoms with Crippen molar-refractivity contribution in [3.8, 4) is 17.2 Å². The number of carbonyl (C=O) groups is 1. The second kappa shape index (κ2) is 7.74. The van der Waals surface area contributed by atoms with Crippen LogP contribution >= 0.6 is 0 Å². The van der Waals surface area contributed by atoms with Crippen LogP contribution in [0.5, 0.6) is 11.5 Å². The lowest BCUT2D eigenvalue weighted by molar-refractivity contribution is -0.115. The fourth-order valence-electron chi connectivity index (χ4n) is 2.61. The second-order valence-electron chi connectivity index (χ2n) is 5.92. The van der Waals surface area contributed by atoms with E-state index in [1.165, 1.54) is 5.56 Å². The number of aromatic nitrogens is 2. The molecule has 134 valence electrons. The van der Waals surface area contributed by atoms with Crippen molar-refractivity contribution in [3.63, 3.8) is 0 Å². The van der Waals surface area contributed by atoms with Gasteiger partial charge < -0.3 is 14.8 Å². The van der Waals surface area contributed by atoms with Crippen molar-refractivity contribution < 1.29 is 14.3 Å². The first kappa shape index (κ1) is 17.5. The molecule has 0 spiro atoms. The molecular weight excluding hydrogens is 330 g/mol. The van der Waals surface area contributed by atoms with Crippen molar-refractivity contribution in [2.45, 2.75) is 13.3 Å². The lowest BCUT2D eigenvalue weighted by atomic mass is 10.1. The zero-order chi connectivity index (χ0) is 18.5. The molecule has 0 aliphatic rings. The number of rotatable bonds is 6. The molecule has 0 aliphatic carbocycles. The van der Waals surface area contributed by atoms with Crippen LogP contribution < -0.4 is 14.8 Å². The molecule has 1 N–H and O–H groups in total. The van der Waals surface area contributed by atoms with Gasteiger partial charge >= 0.3 is 0 Å². The van der Waals surface area contributed by atoms with Gasteiger partial charge in [0, 0.05) is 0 Å². The zero-order valence-corrected chi connectivity index (χ0v) is 15.0. The number of amides is 1. The highest BCUT2D eigenvalue weighted by Gasteiger charge is 2.10. The zero-order valence-electron chi connectivity index (χ0n) is 15.0. The Morgan fingerprint density at radius 1 is 1.08 bits per heavy atom. The minimum atomic E-state index is -0.124. The Kier molecular flexibility index (Phi) is 5.22. The van der Waals surface area contributed by atoms with Crippen molar-refractivity contribution in [2.24, 2.45) is 0 Å². The molecule has 0 saturated heterocycles. The molecule has 1 heterocycles. The minimum absolute atomic E-state index is 0.124. The maximum absolute atomic E-state index is 12.3. The van der Waals surface area contributed by atoms with E-state index in [1.54, 1.807) is 43.4 Å². The number of carbonyl (C=O) groups excluding carboxylic acids is 1. The van der Waals surface area contributed by atoms with Gasteiger partial charge in [-0.3, -0.25) is 4.79 Å². The van der Waals surface area contributed by atoms with Crippen LogP contribution in [0.25, 0.3) is 5.69 Å². The van der Waals surface area contributed by atoms with Gasteiger partial charge in [0.15, 0.2) is 11.5 Å². The molecular formula is C20H21N3O3. The topological polar surface area (TPSA) is 65.4 Å². The first-order chi connectivity index (χ1) is 12.6. The van der Waals surface area contributed by atoms with Crippen molar-refractivity contribution in [2.75, 3.05) is 19.5 Å². The van der Waals surface area contributed by atoms with Crippen LogP contribution in [-0.4, -0.2) is 29.9 Å². The van der Waals surface area contributed by atoms with E-state index < -0.39 is 0 Å². The van der Waals surface area contributed by atoms with E-state index in [1.807, 2.05) is 37.3 Å². The molecule has 0 atom stereocenters. The summed E-state index contributed by atoms with van der Waals surface area (Å²) in [5, 5.41) is 7.16. The van der Waals surface area contributed by atoms with Crippen molar-refractivity contribution >= 4 is 11.6 Å². The molecule has 3 rings (SSSR count). The number of nitrogens with zero attached hydrogens (tertiary/aromatic N) is 2. The maximum atomic E-state index is 12.3. The third-order valence-corrected chi connectivity index (χ3v) is 3.98. The Bertz CT molecular complexity index is 901. The molecule has 26 heavy (non-hydrogen) atoms. The predicted octanol–water partition coefficient (Wildman–Crippen LogP) is 3.38. The molecule has 0 radical (unpaired) electrons. The Morgan fingerprint density at radius 3 is 2.50 bits per heavy atom. The average Bonchev–Trinajstić information content (AvgIpc) is 3.10. The van der Waals surface area contributed by atoms with E-state index in [0.717, 1.165) is 11.3 Å². The van der Waals surface area contributed by atoms with Crippen molar-refractivity contribution in [1.82, 2.24) is 9.78 Å². The molecule has 1 aromatic heterocycles. The fourth-order valence-corrected chi connectivity index (χ4v) is 2.61. The van der Waals surface area contributed by atoms with Crippen molar-refractivity contribution in [1.29, 1.82) is 0 Å². The first-order valence-electron chi connectivity index (χ1n) is 8.21. The van der Waals surface area contributed by atoms with E-state index in [-0.39, 0.29) is 12.3 Å². The monoisotopic (exact) mass is 351 g/mol. The van der Waals surface area contributed by atoms with Gasteiger partial charge in [-0.15, -0.1) is 0 Å². The number of nitrogens with one attached hydrogen (secondary N) is 1. The summed E-state index contributed by atoms with van der Waals surface area (Å²) >= 11 is 0. The van der Waals surface area contributed by atoms with Crippen LogP contribution in [0.15, 0.2) is 54.9 Å². The van der Waals surface area contributed by atoms with Gasteiger partial charge in [0.1, 0.15) is 0 Å². The molecule has 0 bridgehead atoms. The SMILES string of the molecule is COc1ccc(CC(=O)Nc2cnn(-c3ccc(C)cc3)c2)cc1OC. The Hall–Kier alpha value is -3.28. The van der Waals surface area contributed by atoms with E-state index in [4.69, 9.17) is 9.47 Å². The number of anilines is 1. The maximum Gasteiger partial charge on any atom is 0.228 e. The summed E-state index contributed by atoms with van der Waals surface area (Å²) in [7, 11) is 3.15. The summed E-state index contributed by atoms with van der Waals surface area (Å²) in [5.74, 6) is 1.11. The average molecular weight is 351 g/mol. The molecule has 1 amide bonds. The second-order valence-corrected chi connectivity index (χ2v) is 5.92. The van der Waals surface area contributed by atoms with Gasteiger partial charge in [-0.1, -0.05) is 23.8 Å². The van der Waals surface area contributed by atoms with Crippen LogP contribution in [0.2, 0.25) is 0 Å². The lowest BCUT2D eigenvalue weighted by Gasteiger charge is -2.09. The van der Waals surface area contributed by atoms with E-state index in [0.29, 0.717) is 17.2 Å². The highest BCUT2D eigenvalue weighted by Crippen LogP contribution is 2.27. The van der Waals surface area contributed by atoms with Gasteiger partial charge in [0.2, 0.25) is 5.91 Å². The molecule has 0 aliphatic heterocycles. The lowest BCUT2D eigenvalue weighted by Crippen LogP contribution is -2.14. The minimum Gasteiger partial charge on any atom is -0.493 e. The number of hydrogen-bond donors (Lipinski definition) is 1. The third kappa shape index (κ3) is 4.03. The molecule has 6 heteroatoms. The molecule has 2 aromatic carbocycles. The number of aryl methyl sites for hydroxylation is 1. The molecule has 3 aromatic rings. The summed E-state index contributed by atoms with van der Waals surface area (Å²) in [6, 6.07) is 13.4. The first-order valence-corrected chi connectivity index (χ1v) is 8.21. The number of methoxy groups -OCH3 is 2. The Balaban J connectivity index is 1.66. The number of benzene rings is 2. The molecule has 0 unspecified atom stereocenters. The summed E-state index contributed by atoms with van der Waals surface area (Å²) in [4.78, 5) is 12.3. The van der Waals surface area contributed by atoms with Gasteiger partial charge in [0.25, 0.3) is 0 Å². The van der Waals surface area contributed by atoms with Crippen LogP contribution in [0.4, 0.5) is 5.69 Å². The highest BCUT2D eigenvalue weighted by molar-refractivity contribution is 5.92. The standard InChI is InChI=1S/C20H21N3O3/c1-14-4-7-17(8-5-14)23-13-16(12-21-23)22-20(24)11-15-6-9-18(25-2)19(10-15)26-3/h4-10,12-13H,11H2,1-3H3,(H,22,24). The normalized spacial score (nSPS) is 10.4. The molecule has 6 nitrogen and oxygen atoms in total. The third-order valence-electron chi connectivity index (χ3n) is 3.98. The van der Waals surface area contributed by atoms with Gasteiger partial charge in [-0.25, -0.2) is 4.68 Å². The van der Waals surface area contributed by atoms with Crippen LogP contribution in [0, 0.1) is 6.92 Å². The number of hydrogen-bond acceptors (Lipinski definition) is 4. The summed E-state index contributed by atoms with van der Waals surface area (Å²) < 4.78 is 12.2. The van der Waals surface area contributed by atoms with Crippen LogP contribution in [-0.2, 0) is 11.2 Å². The predicted molar refractivity (Wildman–Crippen MR) is 100 cm³/mol. The van der Waals surface area contributed by atoms with Gasteiger partial charge in [-0.05, 0) is 36.8 Å². The van der Waals surface area contributed by atoms with Crippen LogP contribution in [0.1, 0.15) is 11.1 Å². The van der Waals surface area contributed by atoms with Gasteiger partial charge in [-0.2, -0.15) is 5.10 Å². The molecule has 0 fully saturated rings. The van der Waals surface area contributed by atoms with Crippen LogP contribution in [0.3, 0.4) is 0 Å². The largest absolute Gasteiger partial charge is 0.493 e. The van der Waals surface area contributed by atoms with Gasteiger partial charge in [0.05, 0.1) is 44.4 Å². The molecule has 0 saturated carbocycles.